The third-order valence-corrected chi connectivity index (χ3v) is 6.38. The van der Waals surface area contributed by atoms with Gasteiger partial charge in [0.25, 0.3) is 11.8 Å². The number of nitrogens with one attached hydrogen (secondary N) is 2. The van der Waals surface area contributed by atoms with Gasteiger partial charge >= 0.3 is 12.1 Å². The van der Waals surface area contributed by atoms with Gasteiger partial charge in [0.2, 0.25) is 5.91 Å². The number of anilines is 3. The highest BCUT2D eigenvalue weighted by Gasteiger charge is 2.39. The molecule has 4 rings (SSSR count). The molecule has 0 saturated carbocycles. The quantitative estimate of drug-likeness (QED) is 0.267. The third-order valence-electron chi connectivity index (χ3n) is 5.70. The number of imide groups is 1. The Morgan fingerprint density at radius 1 is 0.925 bits per heavy atom. The van der Waals surface area contributed by atoms with Gasteiger partial charge in [0.1, 0.15) is 10.7 Å². The summed E-state index contributed by atoms with van der Waals surface area (Å²) in [5.74, 6) is -2.75. The Hall–Kier alpha value is -4.35. The fourth-order valence-electron chi connectivity index (χ4n) is 3.80. The molecule has 1 aliphatic rings. The van der Waals surface area contributed by atoms with Crippen LogP contribution in [0.25, 0.3) is 0 Å². The van der Waals surface area contributed by atoms with Gasteiger partial charge in [0.15, 0.2) is 0 Å². The molecule has 13 heteroatoms. The monoisotopic (exact) mass is 591 g/mol. The second-order valence-electron chi connectivity index (χ2n) is 8.42. The third kappa shape index (κ3) is 6.11. The molecule has 1 aliphatic heterocycles. The smallest absolute Gasteiger partial charge is 0.417 e. The number of nitrogens with zero attached hydrogens (tertiary/aromatic N) is 1. The zero-order valence-electron chi connectivity index (χ0n) is 20.4. The first kappa shape index (κ1) is 28.7. The van der Waals surface area contributed by atoms with Gasteiger partial charge in [-0.3, -0.25) is 14.4 Å². The Kier molecular flexibility index (Phi) is 8.17. The van der Waals surface area contributed by atoms with Gasteiger partial charge in [-0.05, 0) is 54.1 Å². The molecular weight excluding hydrogens is 574 g/mol. The van der Waals surface area contributed by atoms with E-state index in [1.165, 1.54) is 49.6 Å². The molecule has 3 aromatic carbocycles. The van der Waals surface area contributed by atoms with E-state index >= 15 is 0 Å². The van der Waals surface area contributed by atoms with Gasteiger partial charge in [0, 0.05) is 11.4 Å². The molecule has 2 N–H and O–H groups in total. The number of benzene rings is 3. The molecule has 3 aromatic rings. The number of carbonyl (C=O) groups excluding carboxylic acids is 4. The minimum Gasteiger partial charge on any atom is -0.465 e. The largest absolute Gasteiger partial charge is 0.465 e. The predicted octanol–water partition coefficient (Wildman–Crippen LogP) is 5.76. The summed E-state index contributed by atoms with van der Waals surface area (Å²) in [7, 11) is 1.20. The summed E-state index contributed by atoms with van der Waals surface area (Å²) < 4.78 is 43.8. The molecule has 0 saturated heterocycles. The highest BCUT2D eigenvalue weighted by molar-refractivity contribution is 6.53. The number of hydrogen-bond acceptors (Lipinski definition) is 6. The Labute approximate surface area is 235 Å². The molecule has 0 fully saturated rings. The lowest BCUT2D eigenvalue weighted by Gasteiger charge is -2.16. The fraction of sp³-hybridized carbons (Fsp3) is 0.111. The Morgan fingerprint density at radius 2 is 1.60 bits per heavy atom. The van der Waals surface area contributed by atoms with Crippen molar-refractivity contribution in [1.29, 1.82) is 0 Å². The highest BCUT2D eigenvalue weighted by Crippen LogP contribution is 2.36. The van der Waals surface area contributed by atoms with Crippen molar-refractivity contribution < 1.29 is 37.1 Å². The maximum absolute atomic E-state index is 13.1. The summed E-state index contributed by atoms with van der Waals surface area (Å²) >= 11 is 11.8. The summed E-state index contributed by atoms with van der Waals surface area (Å²) in [6.07, 6.45) is -4.83. The van der Waals surface area contributed by atoms with Crippen LogP contribution in [0.1, 0.15) is 21.5 Å². The molecule has 8 nitrogen and oxygen atoms in total. The van der Waals surface area contributed by atoms with Crippen molar-refractivity contribution in [2.45, 2.75) is 12.6 Å². The van der Waals surface area contributed by atoms with Crippen molar-refractivity contribution in [2.75, 3.05) is 22.6 Å². The maximum atomic E-state index is 13.1. The SMILES string of the molecule is COC(=O)c1cccc(N2C(=O)C(Cl)=C(Nc3ccc(CC(=O)Nc4ccc(Cl)c(C(F)(F)F)c4)cc3)C2=O)c1. The van der Waals surface area contributed by atoms with Gasteiger partial charge in [-0.1, -0.05) is 41.4 Å². The first-order valence-electron chi connectivity index (χ1n) is 11.4. The fourth-order valence-corrected chi connectivity index (χ4v) is 4.23. The van der Waals surface area contributed by atoms with Crippen LogP contribution >= 0.6 is 23.2 Å². The van der Waals surface area contributed by atoms with Crippen LogP contribution in [-0.2, 0) is 31.7 Å². The first-order valence-corrected chi connectivity index (χ1v) is 12.1. The molecular formula is C27H18Cl2F3N3O5. The molecule has 0 aliphatic carbocycles. The average molecular weight is 592 g/mol. The van der Waals surface area contributed by atoms with E-state index in [1.807, 2.05) is 0 Å². The first-order chi connectivity index (χ1) is 18.9. The predicted molar refractivity (Wildman–Crippen MR) is 142 cm³/mol. The van der Waals surface area contributed by atoms with E-state index in [1.54, 1.807) is 12.1 Å². The molecule has 0 atom stereocenters. The molecule has 3 amide bonds. The molecule has 206 valence electrons. The van der Waals surface area contributed by atoms with Crippen LogP contribution in [-0.4, -0.2) is 30.8 Å². The lowest BCUT2D eigenvalue weighted by molar-refractivity contribution is -0.137. The van der Waals surface area contributed by atoms with Crippen molar-refractivity contribution in [2.24, 2.45) is 0 Å². The summed E-state index contributed by atoms with van der Waals surface area (Å²) in [5.41, 5.74) is -0.173. The van der Waals surface area contributed by atoms with Crippen LogP contribution in [0.2, 0.25) is 5.02 Å². The standard InChI is InChI=1S/C27H18Cl2F3N3O5/c1-40-26(39)15-3-2-4-18(12-15)35-24(37)22(29)23(25(35)38)34-16-7-5-14(6-8-16)11-21(36)33-17-9-10-20(28)19(13-17)27(30,31)32/h2-10,12-13,34H,11H2,1H3,(H,33,36). The minimum atomic E-state index is -4.67. The summed E-state index contributed by atoms with van der Waals surface area (Å²) in [6, 6.07) is 15.0. The van der Waals surface area contributed by atoms with Gasteiger partial charge in [-0.2, -0.15) is 13.2 Å². The number of alkyl halides is 3. The van der Waals surface area contributed by atoms with E-state index < -0.39 is 40.5 Å². The van der Waals surface area contributed by atoms with Crippen LogP contribution in [0.15, 0.2) is 77.5 Å². The van der Waals surface area contributed by atoms with Gasteiger partial charge in [-0.25, -0.2) is 9.69 Å². The number of methoxy groups -OCH3 is 1. The molecule has 40 heavy (non-hydrogen) atoms. The Bertz CT molecular complexity index is 1560. The van der Waals surface area contributed by atoms with Gasteiger partial charge in [-0.15, -0.1) is 0 Å². The van der Waals surface area contributed by atoms with Crippen LogP contribution in [0.5, 0.6) is 0 Å². The van der Waals surface area contributed by atoms with Crippen molar-refractivity contribution in [3.63, 3.8) is 0 Å². The Balaban J connectivity index is 1.42. The van der Waals surface area contributed by atoms with Gasteiger partial charge in [0.05, 0.1) is 35.4 Å². The second kappa shape index (κ2) is 11.4. The number of rotatable bonds is 7. The van der Waals surface area contributed by atoms with Crippen LogP contribution in [0, 0.1) is 0 Å². The van der Waals surface area contributed by atoms with Crippen molar-refractivity contribution in [3.05, 3.63) is 99.2 Å². The normalized spacial score (nSPS) is 13.5. The van der Waals surface area contributed by atoms with Crippen LogP contribution in [0.4, 0.5) is 30.2 Å². The van der Waals surface area contributed by atoms with Crippen molar-refractivity contribution >= 4 is 64.0 Å². The minimum absolute atomic E-state index is 0.0623. The summed E-state index contributed by atoms with van der Waals surface area (Å²) in [6.45, 7) is 0. The number of carbonyl (C=O) groups is 4. The van der Waals surface area contributed by atoms with Crippen LogP contribution in [0.3, 0.4) is 0 Å². The van der Waals surface area contributed by atoms with E-state index in [-0.39, 0.29) is 34.1 Å². The van der Waals surface area contributed by atoms with E-state index in [0.29, 0.717) is 11.3 Å². The molecule has 0 bridgehead atoms. The molecule has 1 heterocycles. The van der Waals surface area contributed by atoms with E-state index in [9.17, 15) is 32.3 Å². The number of ether oxygens (including phenoxy) is 1. The lowest BCUT2D eigenvalue weighted by Crippen LogP contribution is -2.32. The van der Waals surface area contributed by atoms with E-state index in [4.69, 9.17) is 23.2 Å². The summed E-state index contributed by atoms with van der Waals surface area (Å²) in [4.78, 5) is 50.8. The lowest BCUT2D eigenvalue weighted by atomic mass is 10.1. The molecule has 0 radical (unpaired) electrons. The number of esters is 1. The topological polar surface area (TPSA) is 105 Å². The molecule has 0 spiro atoms. The van der Waals surface area contributed by atoms with E-state index in [2.05, 4.69) is 15.4 Å². The highest BCUT2D eigenvalue weighted by atomic mass is 35.5. The number of halogens is 5. The van der Waals surface area contributed by atoms with Gasteiger partial charge < -0.3 is 15.4 Å². The van der Waals surface area contributed by atoms with E-state index in [0.717, 1.165) is 17.0 Å². The zero-order chi connectivity index (χ0) is 29.2. The number of hydrogen-bond donors (Lipinski definition) is 2. The molecule has 0 aromatic heterocycles. The van der Waals surface area contributed by atoms with Crippen molar-refractivity contribution in [3.8, 4) is 0 Å². The molecule has 0 unspecified atom stereocenters. The summed E-state index contributed by atoms with van der Waals surface area (Å²) in [5, 5.41) is 4.34. The maximum Gasteiger partial charge on any atom is 0.417 e. The van der Waals surface area contributed by atoms with Crippen molar-refractivity contribution in [1.82, 2.24) is 0 Å². The average Bonchev–Trinajstić information content (AvgIpc) is 3.12. The van der Waals surface area contributed by atoms with Crippen LogP contribution < -0.4 is 15.5 Å². The number of amides is 3. The Morgan fingerprint density at radius 3 is 2.25 bits per heavy atom. The second-order valence-corrected chi connectivity index (χ2v) is 9.20. The zero-order valence-corrected chi connectivity index (χ0v) is 21.9.